The van der Waals surface area contributed by atoms with Crippen molar-refractivity contribution in [2.75, 3.05) is 26.1 Å². The molecule has 0 radical (unpaired) electrons. The predicted octanol–water partition coefficient (Wildman–Crippen LogP) is 2.72. The Kier molecular flexibility index (Phi) is 7.08. The van der Waals surface area contributed by atoms with Crippen LogP contribution in [0, 0.1) is 6.92 Å². The van der Waals surface area contributed by atoms with E-state index in [0.717, 1.165) is 11.1 Å². The summed E-state index contributed by atoms with van der Waals surface area (Å²) in [6, 6.07) is 11.5. The van der Waals surface area contributed by atoms with Gasteiger partial charge in [-0.3, -0.25) is 4.79 Å². The second-order valence-corrected chi connectivity index (χ2v) is 5.78. The largest absolute Gasteiger partial charge is 0.465 e. The first-order valence-electron chi connectivity index (χ1n) is 8.18. The summed E-state index contributed by atoms with van der Waals surface area (Å²) in [5.74, 6) is -1.62. The zero-order valence-corrected chi connectivity index (χ0v) is 15.4. The van der Waals surface area contributed by atoms with Crippen LogP contribution in [0.4, 0.5) is 5.69 Å². The van der Waals surface area contributed by atoms with Crippen LogP contribution in [0.5, 0.6) is 0 Å². The number of ether oxygens (including phenoxy) is 3. The monoisotopic (exact) mass is 371 g/mol. The van der Waals surface area contributed by atoms with Crippen molar-refractivity contribution in [2.45, 2.75) is 13.5 Å². The van der Waals surface area contributed by atoms with Gasteiger partial charge in [0.2, 0.25) is 0 Å². The van der Waals surface area contributed by atoms with E-state index in [9.17, 15) is 14.4 Å². The zero-order valence-electron chi connectivity index (χ0n) is 15.4. The molecule has 0 aromatic heterocycles. The molecule has 1 N–H and O–H groups in total. The summed E-state index contributed by atoms with van der Waals surface area (Å²) in [5.41, 5.74) is 2.78. The van der Waals surface area contributed by atoms with Crippen LogP contribution in [-0.4, -0.2) is 38.7 Å². The molecule has 7 heteroatoms. The molecule has 0 saturated carbocycles. The lowest BCUT2D eigenvalue weighted by Crippen LogP contribution is -2.21. The highest BCUT2D eigenvalue weighted by Crippen LogP contribution is 2.17. The molecule has 0 saturated heterocycles. The Morgan fingerprint density at radius 3 is 2.22 bits per heavy atom. The third-order valence-corrected chi connectivity index (χ3v) is 3.77. The van der Waals surface area contributed by atoms with Crippen LogP contribution in [0.1, 0.15) is 31.8 Å². The first-order valence-corrected chi connectivity index (χ1v) is 8.18. The molecule has 2 aromatic carbocycles. The summed E-state index contributed by atoms with van der Waals surface area (Å²) >= 11 is 0. The molecule has 1 amide bonds. The number of methoxy groups -OCH3 is 2. The molecule has 7 nitrogen and oxygen atoms in total. The van der Waals surface area contributed by atoms with Crippen LogP contribution in [-0.2, 0) is 25.6 Å². The molecule has 0 aliphatic rings. The predicted molar refractivity (Wildman–Crippen MR) is 98.6 cm³/mol. The second-order valence-electron chi connectivity index (χ2n) is 5.78. The van der Waals surface area contributed by atoms with E-state index in [-0.39, 0.29) is 0 Å². The van der Waals surface area contributed by atoms with E-state index in [1.165, 1.54) is 13.2 Å². The minimum Gasteiger partial charge on any atom is -0.465 e. The Morgan fingerprint density at radius 1 is 0.926 bits per heavy atom. The third kappa shape index (κ3) is 5.65. The summed E-state index contributed by atoms with van der Waals surface area (Å²) < 4.78 is 14.7. The van der Waals surface area contributed by atoms with E-state index >= 15 is 0 Å². The van der Waals surface area contributed by atoms with Crippen molar-refractivity contribution in [3.8, 4) is 0 Å². The van der Waals surface area contributed by atoms with Crippen molar-refractivity contribution in [2.24, 2.45) is 0 Å². The smallest absolute Gasteiger partial charge is 0.338 e. The molecule has 0 spiro atoms. The Labute approximate surface area is 157 Å². The van der Waals surface area contributed by atoms with Crippen molar-refractivity contribution in [1.29, 1.82) is 0 Å². The molecule has 0 bridgehead atoms. The second kappa shape index (κ2) is 9.49. The molecule has 2 aromatic rings. The van der Waals surface area contributed by atoms with Crippen LogP contribution in [0.3, 0.4) is 0 Å². The standard InChI is InChI=1S/C20H21NO6/c1-13-4-7-16(19(23)26-3)10-17(13)21-18(22)12-27-20(24)15-8-5-14(6-9-15)11-25-2/h4-10H,11-12H2,1-3H3,(H,21,22). The van der Waals surface area contributed by atoms with Gasteiger partial charge >= 0.3 is 11.9 Å². The van der Waals surface area contributed by atoms with Crippen LogP contribution >= 0.6 is 0 Å². The highest BCUT2D eigenvalue weighted by Gasteiger charge is 2.13. The van der Waals surface area contributed by atoms with Gasteiger partial charge in [0.15, 0.2) is 6.61 Å². The molecule has 0 atom stereocenters. The number of esters is 2. The molecule has 0 unspecified atom stereocenters. The molecule has 0 aliphatic carbocycles. The van der Waals surface area contributed by atoms with Crippen LogP contribution in [0.15, 0.2) is 42.5 Å². The number of anilines is 1. The highest BCUT2D eigenvalue weighted by molar-refractivity contribution is 5.97. The van der Waals surface area contributed by atoms with E-state index in [2.05, 4.69) is 10.1 Å². The Balaban J connectivity index is 1.94. The molecular formula is C20H21NO6. The van der Waals surface area contributed by atoms with Gasteiger partial charge in [-0.1, -0.05) is 18.2 Å². The lowest BCUT2D eigenvalue weighted by molar-refractivity contribution is -0.119. The fraction of sp³-hybridized carbons (Fsp3) is 0.250. The maximum Gasteiger partial charge on any atom is 0.338 e. The van der Waals surface area contributed by atoms with Crippen molar-refractivity contribution < 1.29 is 28.6 Å². The number of carbonyl (C=O) groups is 3. The zero-order chi connectivity index (χ0) is 19.8. The van der Waals surface area contributed by atoms with E-state index in [1.807, 2.05) is 0 Å². The van der Waals surface area contributed by atoms with Gasteiger partial charge in [-0.05, 0) is 42.3 Å². The Hall–Kier alpha value is -3.19. The van der Waals surface area contributed by atoms with E-state index in [1.54, 1.807) is 50.4 Å². The summed E-state index contributed by atoms with van der Waals surface area (Å²) in [7, 11) is 2.87. The number of benzene rings is 2. The van der Waals surface area contributed by atoms with Gasteiger partial charge in [-0.25, -0.2) is 9.59 Å². The average Bonchev–Trinajstić information content (AvgIpc) is 2.68. The molecule has 2 rings (SSSR count). The number of hydrogen-bond acceptors (Lipinski definition) is 6. The lowest BCUT2D eigenvalue weighted by atomic mass is 10.1. The first kappa shape index (κ1) is 20.1. The van der Waals surface area contributed by atoms with Crippen molar-refractivity contribution in [3.05, 3.63) is 64.7 Å². The van der Waals surface area contributed by atoms with Gasteiger partial charge in [0, 0.05) is 12.8 Å². The Morgan fingerprint density at radius 2 is 1.59 bits per heavy atom. The van der Waals surface area contributed by atoms with Crippen LogP contribution in [0.25, 0.3) is 0 Å². The van der Waals surface area contributed by atoms with Gasteiger partial charge in [-0.2, -0.15) is 0 Å². The third-order valence-electron chi connectivity index (χ3n) is 3.77. The summed E-state index contributed by atoms with van der Waals surface area (Å²) in [5, 5.41) is 2.62. The van der Waals surface area contributed by atoms with Gasteiger partial charge in [0.05, 0.1) is 24.8 Å². The van der Waals surface area contributed by atoms with Gasteiger partial charge in [0.1, 0.15) is 0 Å². The van der Waals surface area contributed by atoms with Crippen molar-refractivity contribution in [1.82, 2.24) is 0 Å². The van der Waals surface area contributed by atoms with Crippen molar-refractivity contribution >= 4 is 23.5 Å². The minimum absolute atomic E-state index is 0.312. The first-order chi connectivity index (χ1) is 12.9. The van der Waals surface area contributed by atoms with Gasteiger partial charge < -0.3 is 19.5 Å². The number of hydrogen-bond donors (Lipinski definition) is 1. The number of carbonyl (C=O) groups excluding carboxylic acids is 3. The number of amides is 1. The fourth-order valence-corrected chi connectivity index (χ4v) is 2.31. The normalized spacial score (nSPS) is 10.2. The Bertz CT molecular complexity index is 829. The fourth-order valence-electron chi connectivity index (χ4n) is 2.31. The molecule has 0 heterocycles. The number of nitrogens with one attached hydrogen (secondary N) is 1. The minimum atomic E-state index is -0.603. The van der Waals surface area contributed by atoms with Crippen molar-refractivity contribution in [3.63, 3.8) is 0 Å². The van der Waals surface area contributed by atoms with E-state index in [0.29, 0.717) is 23.4 Å². The number of rotatable bonds is 7. The molecule has 27 heavy (non-hydrogen) atoms. The lowest BCUT2D eigenvalue weighted by Gasteiger charge is -2.10. The molecule has 142 valence electrons. The maximum absolute atomic E-state index is 12.1. The number of aryl methyl sites for hydroxylation is 1. The highest BCUT2D eigenvalue weighted by atomic mass is 16.5. The SMILES string of the molecule is COCc1ccc(C(=O)OCC(=O)Nc2cc(C(=O)OC)ccc2C)cc1. The molecule has 0 fully saturated rings. The maximum atomic E-state index is 12.1. The molecular weight excluding hydrogens is 350 g/mol. The van der Waals surface area contributed by atoms with Gasteiger partial charge in [0.25, 0.3) is 5.91 Å². The summed E-state index contributed by atoms with van der Waals surface area (Å²) in [4.78, 5) is 35.7. The topological polar surface area (TPSA) is 90.9 Å². The molecule has 0 aliphatic heterocycles. The van der Waals surface area contributed by atoms with Crippen LogP contribution in [0.2, 0.25) is 0 Å². The van der Waals surface area contributed by atoms with Crippen LogP contribution < -0.4 is 5.32 Å². The summed E-state index contributed by atoms with van der Waals surface area (Å²) in [6.45, 7) is 1.78. The quantitative estimate of drug-likeness (QED) is 0.753. The summed E-state index contributed by atoms with van der Waals surface area (Å²) in [6.07, 6.45) is 0. The van der Waals surface area contributed by atoms with Gasteiger partial charge in [-0.15, -0.1) is 0 Å². The van der Waals surface area contributed by atoms with E-state index in [4.69, 9.17) is 9.47 Å². The average molecular weight is 371 g/mol. The van der Waals surface area contributed by atoms with E-state index < -0.39 is 24.5 Å².